The molecule has 1 spiro atoms. The summed E-state index contributed by atoms with van der Waals surface area (Å²) in [5.74, 6) is 1.08. The highest BCUT2D eigenvalue weighted by Gasteiger charge is 2.44. The molecule has 6 heteroatoms. The Labute approximate surface area is 141 Å². The Morgan fingerprint density at radius 2 is 2.29 bits per heavy atom. The van der Waals surface area contributed by atoms with E-state index in [1.807, 2.05) is 19.3 Å². The molecule has 4 rings (SSSR count). The van der Waals surface area contributed by atoms with Crippen molar-refractivity contribution < 1.29 is 4.79 Å². The number of hydrogen-bond acceptors (Lipinski definition) is 4. The van der Waals surface area contributed by atoms with E-state index in [1.54, 1.807) is 6.20 Å². The van der Waals surface area contributed by atoms with Gasteiger partial charge in [-0.2, -0.15) is 5.10 Å². The van der Waals surface area contributed by atoms with Gasteiger partial charge in [-0.25, -0.2) is 9.97 Å². The molecule has 126 valence electrons. The van der Waals surface area contributed by atoms with Crippen LogP contribution in [0.25, 0.3) is 0 Å². The van der Waals surface area contributed by atoms with E-state index in [4.69, 9.17) is 4.98 Å². The van der Waals surface area contributed by atoms with Crippen LogP contribution in [0.3, 0.4) is 0 Å². The maximum atomic E-state index is 12.7. The fraction of sp³-hybridized carbons (Fsp3) is 0.556. The summed E-state index contributed by atoms with van der Waals surface area (Å²) in [6, 6.07) is 0. The predicted molar refractivity (Wildman–Crippen MR) is 89.5 cm³/mol. The summed E-state index contributed by atoms with van der Waals surface area (Å²) in [6.45, 7) is 3.62. The molecule has 0 bridgehead atoms. The van der Waals surface area contributed by atoms with E-state index in [-0.39, 0.29) is 11.3 Å². The lowest BCUT2D eigenvalue weighted by Gasteiger charge is -2.40. The Kier molecular flexibility index (Phi) is 3.82. The molecule has 2 aromatic rings. The molecular weight excluding hydrogens is 302 g/mol. The first-order valence-corrected chi connectivity index (χ1v) is 8.75. The summed E-state index contributed by atoms with van der Waals surface area (Å²) in [7, 11) is 0. The van der Waals surface area contributed by atoms with Crippen LogP contribution >= 0.6 is 0 Å². The first-order valence-electron chi connectivity index (χ1n) is 8.75. The van der Waals surface area contributed by atoms with Crippen LogP contribution in [0.1, 0.15) is 48.3 Å². The van der Waals surface area contributed by atoms with Crippen molar-refractivity contribution in [3.05, 3.63) is 41.2 Å². The average molecular weight is 325 g/mol. The van der Waals surface area contributed by atoms with Crippen LogP contribution in [-0.2, 0) is 23.1 Å². The minimum Gasteiger partial charge on any atom is -0.342 e. The van der Waals surface area contributed by atoms with Crippen molar-refractivity contribution in [2.75, 3.05) is 13.1 Å². The normalized spacial score (nSPS) is 22.8. The molecular formula is C18H23N5O. The largest absolute Gasteiger partial charge is 0.342 e. The van der Waals surface area contributed by atoms with Crippen molar-refractivity contribution in [2.45, 2.75) is 50.9 Å². The van der Waals surface area contributed by atoms with Crippen molar-refractivity contribution in [2.24, 2.45) is 0 Å². The van der Waals surface area contributed by atoms with Gasteiger partial charge in [0.05, 0.1) is 11.9 Å². The molecule has 1 N–H and O–H groups in total. The van der Waals surface area contributed by atoms with Gasteiger partial charge in [-0.05, 0) is 50.2 Å². The summed E-state index contributed by atoms with van der Waals surface area (Å²) in [5.41, 5.74) is 3.60. The lowest BCUT2D eigenvalue weighted by atomic mass is 9.77. The number of fused-ring (bicyclic) bond motifs is 2. The molecule has 1 fully saturated rings. The number of nitrogens with zero attached hydrogens (tertiary/aromatic N) is 4. The van der Waals surface area contributed by atoms with Gasteiger partial charge in [-0.3, -0.25) is 9.89 Å². The van der Waals surface area contributed by atoms with Crippen LogP contribution in [0.5, 0.6) is 0 Å². The third-order valence-electron chi connectivity index (χ3n) is 5.47. The minimum absolute atomic E-state index is 0.0482. The summed E-state index contributed by atoms with van der Waals surface area (Å²) >= 11 is 0. The number of piperidine rings is 1. The van der Waals surface area contributed by atoms with Gasteiger partial charge >= 0.3 is 0 Å². The van der Waals surface area contributed by atoms with E-state index in [9.17, 15) is 4.79 Å². The second kappa shape index (κ2) is 6.00. The van der Waals surface area contributed by atoms with E-state index in [2.05, 4.69) is 20.1 Å². The Morgan fingerprint density at radius 3 is 3.12 bits per heavy atom. The topological polar surface area (TPSA) is 74.8 Å². The third kappa shape index (κ3) is 2.70. The Bertz CT molecular complexity index is 738. The molecule has 0 aromatic carbocycles. The Morgan fingerprint density at radius 1 is 1.38 bits per heavy atom. The monoisotopic (exact) mass is 325 g/mol. The molecule has 2 aromatic heterocycles. The number of rotatable bonds is 3. The number of aromatic nitrogens is 4. The lowest BCUT2D eigenvalue weighted by molar-refractivity contribution is -0.133. The summed E-state index contributed by atoms with van der Waals surface area (Å²) < 4.78 is 0. The number of aromatic amines is 1. The highest BCUT2D eigenvalue weighted by molar-refractivity contribution is 5.76. The molecule has 0 saturated carbocycles. The van der Waals surface area contributed by atoms with Gasteiger partial charge in [0.25, 0.3) is 0 Å². The maximum absolute atomic E-state index is 12.7. The molecule has 1 atom stereocenters. The standard InChI is InChI=1S/C18H23N5O/c1-13-19-11-15-5-7-18(17(15)22-13)6-2-8-23(12-18)16(24)4-3-14-9-20-21-10-14/h9-11H,2-8,12H2,1H3,(H,20,21). The Hall–Kier alpha value is -2.24. The molecule has 2 aliphatic rings. The van der Waals surface area contributed by atoms with E-state index in [0.717, 1.165) is 56.6 Å². The van der Waals surface area contributed by atoms with E-state index < -0.39 is 0 Å². The van der Waals surface area contributed by atoms with Gasteiger partial charge in [-0.1, -0.05) is 0 Å². The van der Waals surface area contributed by atoms with Gasteiger partial charge in [0.15, 0.2) is 0 Å². The van der Waals surface area contributed by atoms with Gasteiger partial charge in [0.1, 0.15) is 5.82 Å². The average Bonchev–Trinajstić information content (AvgIpc) is 3.22. The van der Waals surface area contributed by atoms with E-state index >= 15 is 0 Å². The van der Waals surface area contributed by atoms with Gasteiger partial charge in [-0.15, -0.1) is 0 Å². The fourth-order valence-electron chi connectivity index (χ4n) is 4.20. The van der Waals surface area contributed by atoms with Gasteiger partial charge in [0.2, 0.25) is 5.91 Å². The number of hydrogen-bond donors (Lipinski definition) is 1. The number of likely N-dealkylation sites (tertiary alicyclic amines) is 1. The number of amides is 1. The zero-order valence-electron chi connectivity index (χ0n) is 14.1. The van der Waals surface area contributed by atoms with Crippen molar-refractivity contribution in [1.29, 1.82) is 0 Å². The minimum atomic E-state index is 0.0482. The highest BCUT2D eigenvalue weighted by Crippen LogP contribution is 2.43. The Balaban J connectivity index is 1.48. The zero-order valence-corrected chi connectivity index (χ0v) is 14.1. The first-order chi connectivity index (χ1) is 11.7. The molecule has 1 amide bonds. The van der Waals surface area contributed by atoms with Crippen LogP contribution in [0.2, 0.25) is 0 Å². The highest BCUT2D eigenvalue weighted by atomic mass is 16.2. The van der Waals surface area contributed by atoms with Crippen LogP contribution in [0.4, 0.5) is 0 Å². The lowest BCUT2D eigenvalue weighted by Crippen LogP contribution is -2.48. The van der Waals surface area contributed by atoms with Crippen LogP contribution < -0.4 is 0 Å². The van der Waals surface area contributed by atoms with Gasteiger partial charge in [0, 0.05) is 37.3 Å². The molecule has 3 heterocycles. The quantitative estimate of drug-likeness (QED) is 0.936. The second-order valence-corrected chi connectivity index (χ2v) is 7.10. The number of nitrogens with one attached hydrogen (secondary N) is 1. The van der Waals surface area contributed by atoms with Crippen molar-refractivity contribution >= 4 is 5.91 Å². The van der Waals surface area contributed by atoms with Crippen molar-refractivity contribution in [3.8, 4) is 0 Å². The van der Waals surface area contributed by atoms with Gasteiger partial charge < -0.3 is 4.90 Å². The molecule has 1 aliphatic heterocycles. The zero-order chi connectivity index (χ0) is 16.6. The summed E-state index contributed by atoms with van der Waals surface area (Å²) in [4.78, 5) is 23.8. The summed E-state index contributed by atoms with van der Waals surface area (Å²) in [5, 5.41) is 6.74. The first kappa shape index (κ1) is 15.3. The van der Waals surface area contributed by atoms with E-state index in [1.165, 1.54) is 11.3 Å². The smallest absolute Gasteiger partial charge is 0.222 e. The molecule has 6 nitrogen and oxygen atoms in total. The molecule has 1 saturated heterocycles. The van der Waals surface area contributed by atoms with Crippen molar-refractivity contribution in [1.82, 2.24) is 25.1 Å². The number of carbonyl (C=O) groups excluding carboxylic acids is 1. The van der Waals surface area contributed by atoms with Crippen LogP contribution in [0.15, 0.2) is 18.6 Å². The third-order valence-corrected chi connectivity index (χ3v) is 5.47. The predicted octanol–water partition coefficient (Wildman–Crippen LogP) is 1.95. The second-order valence-electron chi connectivity index (χ2n) is 7.10. The van der Waals surface area contributed by atoms with Crippen molar-refractivity contribution in [3.63, 3.8) is 0 Å². The number of aryl methyl sites for hydroxylation is 3. The molecule has 24 heavy (non-hydrogen) atoms. The van der Waals surface area contributed by atoms with Crippen LogP contribution in [-0.4, -0.2) is 44.1 Å². The number of carbonyl (C=O) groups is 1. The maximum Gasteiger partial charge on any atom is 0.222 e. The molecule has 1 unspecified atom stereocenters. The molecule has 1 aliphatic carbocycles. The number of H-pyrrole nitrogens is 1. The van der Waals surface area contributed by atoms with E-state index in [0.29, 0.717) is 6.42 Å². The molecule has 0 radical (unpaired) electrons. The fourth-order valence-corrected chi connectivity index (χ4v) is 4.20. The summed E-state index contributed by atoms with van der Waals surface area (Å²) in [6.07, 6.45) is 11.2. The SMILES string of the molecule is Cc1ncc2c(n1)C1(CCCN(C(=O)CCc3cn[nH]c3)C1)CC2. The van der Waals surface area contributed by atoms with Crippen LogP contribution in [0, 0.1) is 6.92 Å².